The normalized spacial score (nSPS) is 28.8. The Morgan fingerprint density at radius 3 is 2.58 bits per heavy atom. The number of fused-ring (bicyclic) bond motifs is 1. The van der Waals surface area contributed by atoms with Gasteiger partial charge in [-0.1, -0.05) is 36.4 Å². The topological polar surface area (TPSA) is 108 Å². The molecule has 5 atom stereocenters. The van der Waals surface area contributed by atoms with Crippen molar-refractivity contribution in [3.05, 3.63) is 48.0 Å². The molecule has 0 bridgehead atoms. The standard InChI is InChI=1S/C19H23NO6/c1-11(22)20-16-18(24)17(23)15(9-21)26-19(16)25-10-12-6-7-13-4-2-3-5-14(13)8-12/h2-8,15-19,21,23-24H,9-10H2,1H3,(H,20,22)/t15-,16-,17+,18+,19-/m0/s1. The van der Waals surface area contributed by atoms with Crippen LogP contribution in [0.25, 0.3) is 10.8 Å². The summed E-state index contributed by atoms with van der Waals surface area (Å²) in [7, 11) is 0. The molecule has 0 radical (unpaired) electrons. The molecular weight excluding hydrogens is 338 g/mol. The summed E-state index contributed by atoms with van der Waals surface area (Å²) >= 11 is 0. The van der Waals surface area contributed by atoms with Gasteiger partial charge in [0.25, 0.3) is 0 Å². The van der Waals surface area contributed by atoms with Crippen molar-refractivity contribution in [2.45, 2.75) is 44.2 Å². The first-order chi connectivity index (χ1) is 12.5. The Morgan fingerprint density at radius 1 is 1.15 bits per heavy atom. The Hall–Kier alpha value is -2.03. The van der Waals surface area contributed by atoms with Crippen molar-refractivity contribution in [3.8, 4) is 0 Å². The fraction of sp³-hybridized carbons (Fsp3) is 0.421. The Labute approximate surface area is 151 Å². The molecule has 2 aromatic rings. The molecule has 0 unspecified atom stereocenters. The van der Waals surface area contributed by atoms with Crippen LogP contribution in [0, 0.1) is 0 Å². The summed E-state index contributed by atoms with van der Waals surface area (Å²) in [5.74, 6) is -0.383. The summed E-state index contributed by atoms with van der Waals surface area (Å²) < 4.78 is 11.3. The van der Waals surface area contributed by atoms with Crippen LogP contribution in [0.2, 0.25) is 0 Å². The lowest BCUT2D eigenvalue weighted by molar-refractivity contribution is -0.273. The average molecular weight is 361 g/mol. The third-order valence-electron chi connectivity index (χ3n) is 4.48. The van der Waals surface area contributed by atoms with Gasteiger partial charge < -0.3 is 30.1 Å². The summed E-state index contributed by atoms with van der Waals surface area (Å²) in [4.78, 5) is 11.4. The molecule has 0 saturated carbocycles. The van der Waals surface area contributed by atoms with Gasteiger partial charge in [-0.05, 0) is 22.4 Å². The van der Waals surface area contributed by atoms with Gasteiger partial charge in [-0.3, -0.25) is 4.79 Å². The highest BCUT2D eigenvalue weighted by molar-refractivity contribution is 5.82. The molecule has 1 saturated heterocycles. The van der Waals surface area contributed by atoms with E-state index in [1.54, 1.807) is 0 Å². The monoisotopic (exact) mass is 361 g/mol. The molecule has 0 spiro atoms. The van der Waals surface area contributed by atoms with Gasteiger partial charge >= 0.3 is 0 Å². The van der Waals surface area contributed by atoms with E-state index in [0.717, 1.165) is 16.3 Å². The lowest BCUT2D eigenvalue weighted by Crippen LogP contribution is -2.64. The number of aliphatic hydroxyl groups is 3. The van der Waals surface area contributed by atoms with Gasteiger partial charge in [0.2, 0.25) is 5.91 Å². The Balaban J connectivity index is 1.74. The number of hydrogen-bond acceptors (Lipinski definition) is 6. The van der Waals surface area contributed by atoms with Crippen molar-refractivity contribution in [1.29, 1.82) is 0 Å². The molecule has 3 rings (SSSR count). The predicted octanol–water partition coefficient (Wildman–Crippen LogP) is 0.300. The van der Waals surface area contributed by atoms with Crippen LogP contribution in [0.15, 0.2) is 42.5 Å². The maximum atomic E-state index is 11.4. The highest BCUT2D eigenvalue weighted by Gasteiger charge is 2.45. The molecule has 0 aromatic heterocycles. The largest absolute Gasteiger partial charge is 0.394 e. The Bertz CT molecular complexity index is 767. The van der Waals surface area contributed by atoms with E-state index in [4.69, 9.17) is 9.47 Å². The summed E-state index contributed by atoms with van der Waals surface area (Å²) in [6.07, 6.45) is -4.62. The summed E-state index contributed by atoms with van der Waals surface area (Å²) in [5, 5.41) is 34.3. The third-order valence-corrected chi connectivity index (χ3v) is 4.48. The van der Waals surface area contributed by atoms with Crippen molar-refractivity contribution in [3.63, 3.8) is 0 Å². The molecule has 1 heterocycles. The zero-order valence-corrected chi connectivity index (χ0v) is 14.4. The maximum Gasteiger partial charge on any atom is 0.217 e. The molecule has 1 aliphatic rings. The van der Waals surface area contributed by atoms with Crippen LogP contribution in [0.3, 0.4) is 0 Å². The van der Waals surface area contributed by atoms with Crippen molar-refractivity contribution >= 4 is 16.7 Å². The van der Waals surface area contributed by atoms with Crippen LogP contribution >= 0.6 is 0 Å². The number of carbonyl (C=O) groups excluding carboxylic acids is 1. The molecule has 1 fully saturated rings. The van der Waals surface area contributed by atoms with Crippen LogP contribution in [-0.2, 0) is 20.9 Å². The lowest BCUT2D eigenvalue weighted by atomic mass is 9.97. The Kier molecular flexibility index (Phi) is 5.85. The minimum absolute atomic E-state index is 0.187. The number of nitrogens with one attached hydrogen (secondary N) is 1. The second-order valence-electron chi connectivity index (χ2n) is 6.43. The number of carbonyl (C=O) groups is 1. The number of benzene rings is 2. The molecular formula is C19H23NO6. The number of rotatable bonds is 5. The van der Waals surface area contributed by atoms with Crippen molar-refractivity contribution in [2.75, 3.05) is 6.61 Å². The first-order valence-corrected chi connectivity index (χ1v) is 8.48. The second kappa shape index (κ2) is 8.11. The minimum Gasteiger partial charge on any atom is -0.394 e. The number of aliphatic hydroxyl groups excluding tert-OH is 3. The van der Waals surface area contributed by atoms with E-state index in [1.807, 2.05) is 42.5 Å². The van der Waals surface area contributed by atoms with E-state index in [-0.39, 0.29) is 12.5 Å². The van der Waals surface area contributed by atoms with Gasteiger partial charge in [0, 0.05) is 6.92 Å². The van der Waals surface area contributed by atoms with Gasteiger partial charge in [0.15, 0.2) is 6.29 Å². The average Bonchev–Trinajstić information content (AvgIpc) is 2.64. The first-order valence-electron chi connectivity index (χ1n) is 8.48. The minimum atomic E-state index is -1.32. The molecule has 140 valence electrons. The smallest absolute Gasteiger partial charge is 0.217 e. The van der Waals surface area contributed by atoms with Crippen molar-refractivity contribution in [2.24, 2.45) is 0 Å². The van der Waals surface area contributed by atoms with E-state index in [9.17, 15) is 20.1 Å². The molecule has 1 amide bonds. The summed E-state index contributed by atoms with van der Waals surface area (Å²) in [6.45, 7) is 1.02. The van der Waals surface area contributed by atoms with Gasteiger partial charge in [-0.2, -0.15) is 0 Å². The van der Waals surface area contributed by atoms with Crippen LogP contribution < -0.4 is 5.32 Å². The van der Waals surface area contributed by atoms with Gasteiger partial charge in [0.05, 0.1) is 13.2 Å². The van der Waals surface area contributed by atoms with Crippen LogP contribution in [0.4, 0.5) is 0 Å². The predicted molar refractivity (Wildman–Crippen MR) is 94.1 cm³/mol. The van der Waals surface area contributed by atoms with Crippen LogP contribution in [-0.4, -0.2) is 58.5 Å². The van der Waals surface area contributed by atoms with Gasteiger partial charge in [-0.25, -0.2) is 0 Å². The Morgan fingerprint density at radius 2 is 1.88 bits per heavy atom. The lowest BCUT2D eigenvalue weighted by Gasteiger charge is -2.42. The van der Waals surface area contributed by atoms with Crippen molar-refractivity contribution < 1.29 is 29.6 Å². The second-order valence-corrected chi connectivity index (χ2v) is 6.43. The van der Waals surface area contributed by atoms with Crippen molar-refractivity contribution in [1.82, 2.24) is 5.32 Å². The molecule has 7 nitrogen and oxygen atoms in total. The number of ether oxygens (including phenoxy) is 2. The summed E-state index contributed by atoms with van der Waals surface area (Å²) in [5.41, 5.74) is 0.898. The summed E-state index contributed by atoms with van der Waals surface area (Å²) in [6, 6.07) is 12.9. The van der Waals surface area contributed by atoms with E-state index in [2.05, 4.69) is 5.32 Å². The zero-order valence-electron chi connectivity index (χ0n) is 14.4. The number of amides is 1. The van der Waals surface area contributed by atoms with Crippen LogP contribution in [0.5, 0.6) is 0 Å². The zero-order chi connectivity index (χ0) is 18.7. The molecule has 7 heteroatoms. The fourth-order valence-electron chi connectivity index (χ4n) is 3.12. The van der Waals surface area contributed by atoms with Gasteiger partial charge in [0.1, 0.15) is 24.4 Å². The molecule has 2 aromatic carbocycles. The highest BCUT2D eigenvalue weighted by atomic mass is 16.7. The molecule has 26 heavy (non-hydrogen) atoms. The fourth-order valence-corrected chi connectivity index (χ4v) is 3.12. The first kappa shape index (κ1) is 18.8. The molecule has 1 aliphatic heterocycles. The SMILES string of the molecule is CC(=O)N[C@@H]1[C@@H](OCc2ccc3ccccc3c2)O[C@@H](CO)[C@@H](O)[C@@H]1O. The molecule has 0 aliphatic carbocycles. The van der Waals surface area contributed by atoms with Gasteiger partial charge in [-0.15, -0.1) is 0 Å². The van der Waals surface area contributed by atoms with E-state index in [0.29, 0.717) is 0 Å². The van der Waals surface area contributed by atoms with Crippen LogP contribution in [0.1, 0.15) is 12.5 Å². The maximum absolute atomic E-state index is 11.4. The highest BCUT2D eigenvalue weighted by Crippen LogP contribution is 2.24. The third kappa shape index (κ3) is 4.03. The molecule has 4 N–H and O–H groups in total. The quantitative estimate of drug-likeness (QED) is 0.610. The van der Waals surface area contributed by atoms with E-state index in [1.165, 1.54) is 6.92 Å². The van der Waals surface area contributed by atoms with E-state index >= 15 is 0 Å². The number of hydrogen-bond donors (Lipinski definition) is 4. The van der Waals surface area contributed by atoms with E-state index < -0.39 is 37.3 Å².